The van der Waals surface area contributed by atoms with E-state index in [1.807, 2.05) is 58.0 Å². The second kappa shape index (κ2) is 9.62. The highest BCUT2D eigenvalue weighted by molar-refractivity contribution is 14.1. The van der Waals surface area contributed by atoms with E-state index in [9.17, 15) is 4.79 Å². The van der Waals surface area contributed by atoms with Crippen molar-refractivity contribution in [2.24, 2.45) is 0 Å². The Bertz CT molecular complexity index is 992. The monoisotopic (exact) mass is 522 g/mol. The van der Waals surface area contributed by atoms with Crippen molar-refractivity contribution in [3.63, 3.8) is 0 Å². The molecule has 0 aliphatic rings. The first-order valence-electron chi connectivity index (χ1n) is 9.13. The lowest BCUT2D eigenvalue weighted by molar-refractivity contribution is -0.113. The molecule has 0 aliphatic carbocycles. The van der Waals surface area contributed by atoms with Crippen LogP contribution in [-0.2, 0) is 11.4 Å². The van der Waals surface area contributed by atoms with E-state index in [0.29, 0.717) is 17.6 Å². The quantitative estimate of drug-likeness (QED) is 0.339. The van der Waals surface area contributed by atoms with E-state index in [4.69, 9.17) is 4.74 Å². The Morgan fingerprint density at radius 2 is 1.79 bits per heavy atom. The van der Waals surface area contributed by atoms with Crippen LogP contribution in [0.25, 0.3) is 0 Å². The van der Waals surface area contributed by atoms with Crippen LogP contribution in [0.1, 0.15) is 28.1 Å². The maximum absolute atomic E-state index is 12.3. The van der Waals surface area contributed by atoms with Gasteiger partial charge >= 0.3 is 0 Å². The molecule has 0 unspecified atom stereocenters. The first-order chi connectivity index (χ1) is 13.8. The molecule has 0 saturated carbocycles. The van der Waals surface area contributed by atoms with Gasteiger partial charge in [0.1, 0.15) is 12.4 Å². The minimum atomic E-state index is -0.0828. The summed E-state index contributed by atoms with van der Waals surface area (Å²) in [7, 11) is 0. The van der Waals surface area contributed by atoms with Gasteiger partial charge in [0.05, 0.1) is 5.75 Å². The average Bonchev–Trinajstić information content (AvgIpc) is 3.10. The molecule has 1 amide bonds. The van der Waals surface area contributed by atoms with Crippen LogP contribution in [0.3, 0.4) is 0 Å². The number of amides is 1. The molecule has 0 saturated heterocycles. The number of rotatable bonds is 7. The van der Waals surface area contributed by atoms with Gasteiger partial charge in [-0.2, -0.15) is 0 Å². The summed E-state index contributed by atoms with van der Waals surface area (Å²) in [6.07, 6.45) is 0. The van der Waals surface area contributed by atoms with Gasteiger partial charge < -0.3 is 10.1 Å². The minimum Gasteiger partial charge on any atom is -0.485 e. The van der Waals surface area contributed by atoms with E-state index in [2.05, 4.69) is 43.1 Å². The van der Waals surface area contributed by atoms with Crippen LogP contribution in [0, 0.1) is 31.3 Å². The van der Waals surface area contributed by atoms with Crippen molar-refractivity contribution < 1.29 is 9.53 Å². The molecule has 0 aliphatic heterocycles. The fourth-order valence-electron chi connectivity index (χ4n) is 2.99. The number of nitrogens with one attached hydrogen (secondary N) is 2. The summed E-state index contributed by atoms with van der Waals surface area (Å²) in [4.78, 5) is 16.7. The van der Waals surface area contributed by atoms with Crippen LogP contribution >= 0.6 is 34.4 Å². The van der Waals surface area contributed by atoms with Gasteiger partial charge in [-0.25, -0.2) is 4.98 Å². The molecular weight excluding hydrogens is 499 g/mol. The number of H-pyrrole nitrogens is 1. The van der Waals surface area contributed by atoms with Crippen molar-refractivity contribution in [2.45, 2.75) is 39.5 Å². The van der Waals surface area contributed by atoms with E-state index in [1.54, 1.807) is 0 Å². The molecule has 0 fully saturated rings. The standard InChI is InChI=1S/C21H23IN4O2S/c1-12-6-5-7-13(2)20(12)28-10-17-23-21(26-25-17)29-11-18(27)24-19-14(3)8-16(22)9-15(19)4/h5-9H,10-11H2,1-4H3,(H,24,27)(H,23,25,26). The molecule has 0 bridgehead atoms. The van der Waals surface area contributed by atoms with Gasteiger partial charge in [0, 0.05) is 9.26 Å². The van der Waals surface area contributed by atoms with Gasteiger partial charge in [-0.15, -0.1) is 5.10 Å². The number of carbonyl (C=O) groups is 1. The predicted octanol–water partition coefficient (Wildman–Crippen LogP) is 4.95. The summed E-state index contributed by atoms with van der Waals surface area (Å²) < 4.78 is 7.04. The van der Waals surface area contributed by atoms with Crippen LogP contribution in [0.2, 0.25) is 0 Å². The van der Waals surface area contributed by atoms with E-state index >= 15 is 0 Å². The number of anilines is 1. The summed E-state index contributed by atoms with van der Waals surface area (Å²) >= 11 is 3.56. The molecule has 1 heterocycles. The Morgan fingerprint density at radius 3 is 2.45 bits per heavy atom. The zero-order valence-electron chi connectivity index (χ0n) is 16.8. The third-order valence-corrected chi connectivity index (χ3v) is 5.84. The van der Waals surface area contributed by atoms with Gasteiger partial charge in [-0.3, -0.25) is 9.89 Å². The number of aryl methyl sites for hydroxylation is 4. The molecule has 1 aromatic heterocycles. The number of aromatic nitrogens is 3. The molecule has 29 heavy (non-hydrogen) atoms. The number of halogens is 1. The molecule has 3 aromatic rings. The summed E-state index contributed by atoms with van der Waals surface area (Å²) in [5.41, 5.74) is 5.13. The van der Waals surface area contributed by atoms with Crippen LogP contribution in [0.4, 0.5) is 5.69 Å². The van der Waals surface area contributed by atoms with Crippen molar-refractivity contribution in [1.82, 2.24) is 15.2 Å². The van der Waals surface area contributed by atoms with Gasteiger partial charge in [-0.05, 0) is 84.7 Å². The summed E-state index contributed by atoms with van der Waals surface area (Å²) in [5.74, 6) is 1.64. The number of ether oxygens (including phenoxy) is 1. The topological polar surface area (TPSA) is 79.9 Å². The first-order valence-corrected chi connectivity index (χ1v) is 11.2. The van der Waals surface area contributed by atoms with Crippen molar-refractivity contribution >= 4 is 45.9 Å². The third-order valence-electron chi connectivity index (χ3n) is 4.37. The highest BCUT2D eigenvalue weighted by Crippen LogP contribution is 2.25. The van der Waals surface area contributed by atoms with Crippen LogP contribution in [-0.4, -0.2) is 26.8 Å². The Balaban J connectivity index is 1.53. The Labute approximate surface area is 188 Å². The molecule has 152 valence electrons. The van der Waals surface area contributed by atoms with Crippen molar-refractivity contribution in [1.29, 1.82) is 0 Å². The van der Waals surface area contributed by atoms with Crippen LogP contribution in [0.5, 0.6) is 5.75 Å². The smallest absolute Gasteiger partial charge is 0.234 e. The van der Waals surface area contributed by atoms with E-state index in [0.717, 1.165) is 37.3 Å². The SMILES string of the molecule is Cc1cc(I)cc(C)c1NC(=O)CSc1n[nH]c(COc2c(C)cccc2C)n1. The number of para-hydroxylation sites is 1. The minimum absolute atomic E-state index is 0.0828. The van der Waals surface area contributed by atoms with Crippen LogP contribution in [0.15, 0.2) is 35.5 Å². The van der Waals surface area contributed by atoms with Gasteiger partial charge in [0.15, 0.2) is 5.82 Å². The van der Waals surface area contributed by atoms with Gasteiger partial charge in [-0.1, -0.05) is 30.0 Å². The fourth-order valence-corrected chi connectivity index (χ4v) is 4.54. The molecule has 3 rings (SSSR count). The van der Waals surface area contributed by atoms with Crippen molar-refractivity contribution in [3.8, 4) is 5.75 Å². The Hall–Kier alpha value is -2.07. The molecule has 6 nitrogen and oxygen atoms in total. The Morgan fingerprint density at radius 1 is 1.14 bits per heavy atom. The molecule has 0 atom stereocenters. The lowest BCUT2D eigenvalue weighted by Crippen LogP contribution is -2.16. The molecule has 2 N–H and O–H groups in total. The number of hydrogen-bond acceptors (Lipinski definition) is 5. The van der Waals surface area contributed by atoms with Crippen molar-refractivity contribution in [2.75, 3.05) is 11.1 Å². The van der Waals surface area contributed by atoms with Crippen LogP contribution < -0.4 is 10.1 Å². The van der Waals surface area contributed by atoms with E-state index < -0.39 is 0 Å². The van der Waals surface area contributed by atoms with Crippen molar-refractivity contribution in [3.05, 3.63) is 62.0 Å². The predicted molar refractivity (Wildman–Crippen MR) is 125 cm³/mol. The van der Waals surface area contributed by atoms with E-state index in [1.165, 1.54) is 11.8 Å². The molecule has 0 spiro atoms. The average molecular weight is 522 g/mol. The summed E-state index contributed by atoms with van der Waals surface area (Å²) in [6.45, 7) is 8.32. The maximum Gasteiger partial charge on any atom is 0.234 e. The summed E-state index contributed by atoms with van der Waals surface area (Å²) in [5, 5.41) is 10.6. The number of thioether (sulfide) groups is 1. The molecule has 2 aromatic carbocycles. The first kappa shape index (κ1) is 21.6. The second-order valence-electron chi connectivity index (χ2n) is 6.83. The lowest BCUT2D eigenvalue weighted by Gasteiger charge is -2.12. The normalized spacial score (nSPS) is 10.8. The lowest BCUT2D eigenvalue weighted by atomic mass is 10.1. The largest absolute Gasteiger partial charge is 0.485 e. The fraction of sp³-hybridized carbons (Fsp3) is 0.286. The maximum atomic E-state index is 12.3. The number of nitrogens with zero attached hydrogens (tertiary/aromatic N) is 2. The third kappa shape index (κ3) is 5.72. The Kier molecular flexibility index (Phi) is 7.18. The number of carbonyl (C=O) groups excluding carboxylic acids is 1. The van der Waals surface area contributed by atoms with Gasteiger partial charge in [0.25, 0.3) is 0 Å². The molecule has 8 heteroatoms. The molecule has 0 radical (unpaired) electrons. The highest BCUT2D eigenvalue weighted by atomic mass is 127. The zero-order valence-corrected chi connectivity index (χ0v) is 19.8. The number of hydrogen-bond donors (Lipinski definition) is 2. The highest BCUT2D eigenvalue weighted by Gasteiger charge is 2.12. The van der Waals surface area contributed by atoms with Gasteiger partial charge in [0.2, 0.25) is 11.1 Å². The molecular formula is C21H23IN4O2S. The summed E-state index contributed by atoms with van der Waals surface area (Å²) in [6, 6.07) is 10.1. The van der Waals surface area contributed by atoms with E-state index in [-0.39, 0.29) is 11.7 Å². The number of benzene rings is 2. The zero-order chi connectivity index (χ0) is 21.0. The number of aromatic amines is 1. The second-order valence-corrected chi connectivity index (χ2v) is 9.01.